The molecule has 2 atom stereocenters. The number of methoxy groups -OCH3 is 1. The van der Waals surface area contributed by atoms with Crippen molar-refractivity contribution in [2.24, 2.45) is 5.10 Å². The fraction of sp³-hybridized carbons (Fsp3) is 0.190. The lowest BCUT2D eigenvalue weighted by molar-refractivity contribution is -0.0206. The van der Waals surface area contributed by atoms with E-state index in [4.69, 9.17) is 14.6 Å². The number of rotatable bonds is 3. The Morgan fingerprint density at radius 2 is 2.07 bits per heavy atom. The Morgan fingerprint density at radius 1 is 1.19 bits per heavy atom. The van der Waals surface area contributed by atoms with Gasteiger partial charge in [-0.1, -0.05) is 24.3 Å². The monoisotopic (exact) mass is 378 g/mol. The summed E-state index contributed by atoms with van der Waals surface area (Å²) in [5.74, 6) is 1.74. The van der Waals surface area contributed by atoms with E-state index < -0.39 is 0 Å². The molecule has 1 aromatic heterocycles. The van der Waals surface area contributed by atoms with E-state index in [-0.39, 0.29) is 18.0 Å². The first kappa shape index (κ1) is 16.2. The maximum atomic E-state index is 10.3. The highest BCUT2D eigenvalue weighted by Gasteiger charge is 2.42. The van der Waals surface area contributed by atoms with E-state index in [1.807, 2.05) is 40.7 Å². The zero-order valence-corrected chi connectivity index (χ0v) is 15.5. The predicted molar refractivity (Wildman–Crippen MR) is 105 cm³/mol. The summed E-state index contributed by atoms with van der Waals surface area (Å²) >= 11 is 1.63. The molecule has 0 radical (unpaired) electrons. The van der Waals surface area contributed by atoms with Crippen LogP contribution in [0, 0.1) is 0 Å². The van der Waals surface area contributed by atoms with Crippen LogP contribution in [-0.4, -0.2) is 22.9 Å². The van der Waals surface area contributed by atoms with Crippen LogP contribution in [0.4, 0.5) is 0 Å². The lowest BCUT2D eigenvalue weighted by Crippen LogP contribution is -2.33. The highest BCUT2D eigenvalue weighted by molar-refractivity contribution is 7.07. The second kappa shape index (κ2) is 6.32. The molecule has 1 N–H and O–H groups in total. The van der Waals surface area contributed by atoms with Gasteiger partial charge < -0.3 is 14.6 Å². The zero-order valence-electron chi connectivity index (χ0n) is 14.7. The Hall–Kier alpha value is -2.99. The van der Waals surface area contributed by atoms with Crippen LogP contribution in [0.3, 0.4) is 0 Å². The van der Waals surface area contributed by atoms with Crippen molar-refractivity contribution in [1.82, 2.24) is 5.01 Å². The summed E-state index contributed by atoms with van der Waals surface area (Å²) in [7, 11) is 1.66. The van der Waals surface area contributed by atoms with Crippen LogP contribution >= 0.6 is 11.3 Å². The number of aromatic hydroxyl groups is 1. The topological polar surface area (TPSA) is 54.3 Å². The van der Waals surface area contributed by atoms with Gasteiger partial charge in [0.15, 0.2) is 11.5 Å². The van der Waals surface area contributed by atoms with Crippen molar-refractivity contribution in [1.29, 1.82) is 0 Å². The number of phenols is 1. The van der Waals surface area contributed by atoms with E-state index in [1.54, 1.807) is 24.5 Å². The largest absolute Gasteiger partial charge is 0.507 e. The van der Waals surface area contributed by atoms with Gasteiger partial charge in [0, 0.05) is 23.1 Å². The summed E-state index contributed by atoms with van der Waals surface area (Å²) in [4.78, 5) is 0. The van der Waals surface area contributed by atoms with Crippen LogP contribution < -0.4 is 9.47 Å². The average Bonchev–Trinajstić information content (AvgIpc) is 3.37. The first-order valence-electron chi connectivity index (χ1n) is 8.76. The Labute approximate surface area is 161 Å². The number of hydrogen-bond donors (Lipinski definition) is 1. The molecule has 0 saturated heterocycles. The predicted octanol–water partition coefficient (Wildman–Crippen LogP) is 4.70. The maximum absolute atomic E-state index is 10.3. The molecule has 3 heterocycles. The van der Waals surface area contributed by atoms with E-state index in [0.717, 1.165) is 33.9 Å². The molecule has 6 heteroatoms. The van der Waals surface area contributed by atoms with Gasteiger partial charge in [0.05, 0.1) is 18.9 Å². The minimum Gasteiger partial charge on any atom is -0.507 e. The number of hydrazone groups is 1. The van der Waals surface area contributed by atoms with Crippen molar-refractivity contribution in [3.8, 4) is 17.2 Å². The number of hydrogen-bond acceptors (Lipinski definition) is 6. The smallest absolute Gasteiger partial charge is 0.214 e. The van der Waals surface area contributed by atoms with Gasteiger partial charge in [-0.15, -0.1) is 0 Å². The Morgan fingerprint density at radius 3 is 2.85 bits per heavy atom. The molecule has 5 rings (SSSR count). The fourth-order valence-corrected chi connectivity index (χ4v) is 4.43. The number of thiophene rings is 1. The molecular weight excluding hydrogens is 360 g/mol. The quantitative estimate of drug-likeness (QED) is 0.717. The van der Waals surface area contributed by atoms with Crippen molar-refractivity contribution < 1.29 is 14.6 Å². The van der Waals surface area contributed by atoms with Crippen molar-refractivity contribution in [3.05, 3.63) is 76.0 Å². The molecule has 0 amide bonds. The summed E-state index contributed by atoms with van der Waals surface area (Å²) in [5.41, 5.74) is 3.73. The number of phenolic OH excluding ortho intramolecular Hbond substituents is 1. The molecular formula is C21H18N2O3S. The molecule has 0 fully saturated rings. The van der Waals surface area contributed by atoms with E-state index >= 15 is 0 Å². The molecule has 0 aliphatic carbocycles. The zero-order chi connectivity index (χ0) is 18.4. The van der Waals surface area contributed by atoms with Gasteiger partial charge in [-0.25, -0.2) is 5.01 Å². The molecule has 2 aliphatic heterocycles. The lowest BCUT2D eigenvalue weighted by Gasteiger charge is -2.38. The molecule has 0 spiro atoms. The molecule has 136 valence electrons. The van der Waals surface area contributed by atoms with Crippen molar-refractivity contribution in [2.75, 3.05) is 7.11 Å². The van der Waals surface area contributed by atoms with Gasteiger partial charge in [-0.2, -0.15) is 16.4 Å². The molecule has 2 aromatic carbocycles. The minimum atomic E-state index is -0.326. The summed E-state index contributed by atoms with van der Waals surface area (Å²) < 4.78 is 11.9. The van der Waals surface area contributed by atoms with Crippen molar-refractivity contribution in [3.63, 3.8) is 0 Å². The number of para-hydroxylation sites is 2. The maximum Gasteiger partial charge on any atom is 0.214 e. The van der Waals surface area contributed by atoms with Crippen molar-refractivity contribution >= 4 is 17.0 Å². The van der Waals surface area contributed by atoms with E-state index in [1.165, 1.54) is 0 Å². The van der Waals surface area contributed by atoms with E-state index in [9.17, 15) is 5.11 Å². The van der Waals surface area contributed by atoms with Gasteiger partial charge in [0.25, 0.3) is 0 Å². The normalized spacial score (nSPS) is 20.5. The summed E-state index contributed by atoms with van der Waals surface area (Å²) in [6.45, 7) is 0. The van der Waals surface area contributed by atoms with Crippen LogP contribution in [0.2, 0.25) is 0 Å². The van der Waals surface area contributed by atoms with Gasteiger partial charge in [0.1, 0.15) is 5.75 Å². The molecule has 2 aliphatic rings. The Balaban J connectivity index is 1.63. The number of benzene rings is 2. The van der Waals surface area contributed by atoms with Crippen LogP contribution in [-0.2, 0) is 0 Å². The first-order chi connectivity index (χ1) is 13.3. The minimum absolute atomic E-state index is 0.0309. The van der Waals surface area contributed by atoms with Gasteiger partial charge in [-0.05, 0) is 35.0 Å². The SMILES string of the molecule is COc1cccc2c1O[C@@H](c1ccsc1)N1N=C(c3ccccc3O)C[C@H]21. The standard InChI is InChI=1S/C21H18N2O3S/c1-25-19-8-4-6-15-17-11-16(14-5-2-3-7-18(14)24)22-23(17)21(26-20(15)19)13-9-10-27-12-13/h2-10,12,17,21,24H,11H2,1H3/t17-,21+/m1/s1. The second-order valence-electron chi connectivity index (χ2n) is 6.57. The fourth-order valence-electron chi connectivity index (χ4n) is 3.76. The Kier molecular flexibility index (Phi) is 3.79. The van der Waals surface area contributed by atoms with E-state index in [0.29, 0.717) is 6.42 Å². The molecule has 0 unspecified atom stereocenters. The van der Waals surface area contributed by atoms with Crippen LogP contribution in [0.5, 0.6) is 17.2 Å². The molecule has 27 heavy (non-hydrogen) atoms. The number of nitrogens with zero attached hydrogens (tertiary/aromatic N) is 2. The number of ether oxygens (including phenoxy) is 2. The van der Waals surface area contributed by atoms with Gasteiger partial charge in [0.2, 0.25) is 6.23 Å². The molecule has 3 aromatic rings. The third-order valence-corrected chi connectivity index (χ3v) is 5.74. The molecule has 0 saturated carbocycles. The lowest BCUT2D eigenvalue weighted by atomic mass is 9.95. The third-order valence-electron chi connectivity index (χ3n) is 5.04. The molecule has 0 bridgehead atoms. The number of fused-ring (bicyclic) bond motifs is 3. The highest BCUT2D eigenvalue weighted by atomic mass is 32.1. The van der Waals surface area contributed by atoms with Gasteiger partial charge in [-0.3, -0.25) is 0 Å². The van der Waals surface area contributed by atoms with E-state index in [2.05, 4.69) is 17.5 Å². The van der Waals surface area contributed by atoms with Crippen molar-refractivity contribution in [2.45, 2.75) is 18.7 Å². The van der Waals surface area contributed by atoms with Crippen LogP contribution in [0.25, 0.3) is 0 Å². The Bertz CT molecular complexity index is 1020. The van der Waals surface area contributed by atoms with Gasteiger partial charge >= 0.3 is 0 Å². The third kappa shape index (κ3) is 2.56. The highest BCUT2D eigenvalue weighted by Crippen LogP contribution is 2.51. The van der Waals surface area contributed by atoms with Crippen LogP contribution in [0.1, 0.15) is 35.4 Å². The summed E-state index contributed by atoms with van der Waals surface area (Å²) in [6, 6.07) is 15.4. The average molecular weight is 378 g/mol. The first-order valence-corrected chi connectivity index (χ1v) is 9.70. The summed E-state index contributed by atoms with van der Waals surface area (Å²) in [5, 5.41) is 21.3. The van der Waals surface area contributed by atoms with Crippen LogP contribution in [0.15, 0.2) is 64.4 Å². The summed E-state index contributed by atoms with van der Waals surface area (Å²) in [6.07, 6.45) is 0.371. The molecule has 5 nitrogen and oxygen atoms in total. The second-order valence-corrected chi connectivity index (χ2v) is 7.35.